The van der Waals surface area contributed by atoms with E-state index < -0.39 is 0 Å². The predicted octanol–water partition coefficient (Wildman–Crippen LogP) is 4.60. The summed E-state index contributed by atoms with van der Waals surface area (Å²) in [6.45, 7) is 4.77. The number of halogens is 1. The maximum atomic E-state index is 3.49. The normalized spacial score (nSPS) is 17.4. The monoisotopic (exact) mass is 295 g/mol. The lowest BCUT2D eigenvalue weighted by molar-refractivity contribution is 0.378. The lowest BCUT2D eigenvalue weighted by Crippen LogP contribution is -2.33. The van der Waals surface area contributed by atoms with Crippen LogP contribution in [-0.2, 0) is 5.33 Å². The van der Waals surface area contributed by atoms with Crippen LogP contribution in [0.5, 0.6) is 0 Å². The number of hydrogen-bond acceptors (Lipinski definition) is 1. The highest BCUT2D eigenvalue weighted by molar-refractivity contribution is 9.08. The third-order valence-electron chi connectivity index (χ3n) is 3.77. The topological polar surface area (TPSA) is 3.24 Å². The fourth-order valence-corrected chi connectivity index (χ4v) is 3.06. The largest absolute Gasteiger partial charge is 0.372 e. The quantitative estimate of drug-likeness (QED) is 0.734. The third-order valence-corrected chi connectivity index (χ3v) is 4.41. The van der Waals surface area contributed by atoms with Gasteiger partial charge in [0.1, 0.15) is 0 Å². The molecule has 1 aromatic rings. The van der Waals surface area contributed by atoms with Crippen molar-refractivity contribution in [1.29, 1.82) is 0 Å². The zero-order valence-electron chi connectivity index (χ0n) is 10.7. The smallest absolute Gasteiger partial charge is 0.0366 e. The van der Waals surface area contributed by atoms with Crippen LogP contribution in [-0.4, -0.2) is 13.1 Å². The lowest BCUT2D eigenvalue weighted by atomic mass is 9.92. The number of piperidine rings is 1. The van der Waals surface area contributed by atoms with E-state index >= 15 is 0 Å². The molecular weight excluding hydrogens is 274 g/mol. The van der Waals surface area contributed by atoms with Crippen LogP contribution < -0.4 is 4.90 Å². The van der Waals surface area contributed by atoms with Crippen molar-refractivity contribution in [3.05, 3.63) is 29.8 Å². The van der Waals surface area contributed by atoms with Gasteiger partial charge in [-0.05, 0) is 36.5 Å². The second-order valence-electron chi connectivity index (χ2n) is 5.02. The van der Waals surface area contributed by atoms with Gasteiger partial charge in [-0.15, -0.1) is 0 Å². The Hall–Kier alpha value is -0.500. The molecule has 0 spiro atoms. The van der Waals surface area contributed by atoms with Gasteiger partial charge < -0.3 is 4.90 Å². The summed E-state index contributed by atoms with van der Waals surface area (Å²) >= 11 is 3.49. The average Bonchev–Trinajstić information content (AvgIpc) is 2.40. The van der Waals surface area contributed by atoms with Crippen molar-refractivity contribution >= 4 is 21.6 Å². The third kappa shape index (κ3) is 3.48. The molecule has 1 heterocycles. The molecule has 1 aromatic carbocycles. The molecule has 0 amide bonds. The van der Waals surface area contributed by atoms with Gasteiger partial charge in [0, 0.05) is 24.1 Å². The van der Waals surface area contributed by atoms with E-state index in [4.69, 9.17) is 0 Å². The fraction of sp³-hybridized carbons (Fsp3) is 0.600. The number of benzene rings is 1. The molecule has 0 saturated carbocycles. The Bertz CT molecular complexity index is 325. The molecule has 2 rings (SSSR count). The first-order chi connectivity index (χ1) is 8.33. The van der Waals surface area contributed by atoms with Crippen LogP contribution in [0.3, 0.4) is 0 Å². The van der Waals surface area contributed by atoms with E-state index in [9.17, 15) is 0 Å². The average molecular weight is 296 g/mol. The van der Waals surface area contributed by atoms with Crippen LogP contribution in [0.4, 0.5) is 5.69 Å². The summed E-state index contributed by atoms with van der Waals surface area (Å²) in [6.07, 6.45) is 5.49. The maximum absolute atomic E-state index is 3.49. The molecule has 0 unspecified atom stereocenters. The minimum Gasteiger partial charge on any atom is -0.372 e. The van der Waals surface area contributed by atoms with E-state index in [1.807, 2.05) is 0 Å². The summed E-state index contributed by atoms with van der Waals surface area (Å²) < 4.78 is 0. The van der Waals surface area contributed by atoms with Gasteiger partial charge in [0.25, 0.3) is 0 Å². The van der Waals surface area contributed by atoms with Crippen molar-refractivity contribution in [2.24, 2.45) is 5.92 Å². The lowest BCUT2D eigenvalue weighted by Gasteiger charge is -2.33. The van der Waals surface area contributed by atoms with Crippen molar-refractivity contribution in [1.82, 2.24) is 0 Å². The van der Waals surface area contributed by atoms with Gasteiger partial charge in [0.05, 0.1) is 0 Å². The van der Waals surface area contributed by atoms with Crippen molar-refractivity contribution in [3.8, 4) is 0 Å². The fourth-order valence-electron chi connectivity index (χ4n) is 2.68. The predicted molar refractivity (Wildman–Crippen MR) is 78.9 cm³/mol. The molecule has 2 heteroatoms. The van der Waals surface area contributed by atoms with Crippen LogP contribution in [0.2, 0.25) is 0 Å². The highest BCUT2D eigenvalue weighted by Crippen LogP contribution is 2.26. The van der Waals surface area contributed by atoms with Crippen molar-refractivity contribution in [3.63, 3.8) is 0 Å². The van der Waals surface area contributed by atoms with E-state index in [0.29, 0.717) is 0 Å². The molecule has 0 aromatic heterocycles. The molecule has 1 aliphatic heterocycles. The van der Waals surface area contributed by atoms with Gasteiger partial charge in [0.2, 0.25) is 0 Å². The number of nitrogens with zero attached hydrogens (tertiary/aromatic N) is 1. The summed E-state index contributed by atoms with van der Waals surface area (Å²) in [5.41, 5.74) is 2.75. The molecular formula is C15H22BrN. The first-order valence-corrected chi connectivity index (χ1v) is 7.85. The SMILES string of the molecule is CCCC1CCN(c2ccc(CBr)cc2)CC1. The van der Waals surface area contributed by atoms with Crippen molar-refractivity contribution in [2.75, 3.05) is 18.0 Å². The standard InChI is InChI=1S/C15H22BrN/c1-2-3-13-8-10-17(11-9-13)15-6-4-14(12-16)5-7-15/h4-7,13H,2-3,8-12H2,1H3. The van der Waals surface area contributed by atoms with Crippen LogP contribution in [0.15, 0.2) is 24.3 Å². The Morgan fingerprint density at radius 1 is 1.18 bits per heavy atom. The highest BCUT2D eigenvalue weighted by Gasteiger charge is 2.18. The number of hydrogen-bond donors (Lipinski definition) is 0. The van der Waals surface area contributed by atoms with Gasteiger partial charge in [-0.3, -0.25) is 0 Å². The molecule has 1 aliphatic rings. The maximum Gasteiger partial charge on any atom is 0.0366 e. The van der Waals surface area contributed by atoms with E-state index in [-0.39, 0.29) is 0 Å². The molecule has 1 saturated heterocycles. The van der Waals surface area contributed by atoms with Gasteiger partial charge in [-0.2, -0.15) is 0 Å². The van der Waals surface area contributed by atoms with Crippen molar-refractivity contribution in [2.45, 2.75) is 37.9 Å². The highest BCUT2D eigenvalue weighted by atomic mass is 79.9. The molecule has 0 radical (unpaired) electrons. The van der Waals surface area contributed by atoms with Crippen LogP contribution in [0.25, 0.3) is 0 Å². The Labute approximate surface area is 113 Å². The van der Waals surface area contributed by atoms with Crippen LogP contribution >= 0.6 is 15.9 Å². The van der Waals surface area contributed by atoms with Gasteiger partial charge in [-0.1, -0.05) is 47.8 Å². The molecule has 0 atom stereocenters. The number of rotatable bonds is 4. The molecule has 94 valence electrons. The minimum atomic E-state index is 0.950. The van der Waals surface area contributed by atoms with Crippen molar-refractivity contribution < 1.29 is 0 Å². The zero-order valence-corrected chi connectivity index (χ0v) is 12.2. The summed E-state index contributed by atoms with van der Waals surface area (Å²) in [4.78, 5) is 2.53. The summed E-state index contributed by atoms with van der Waals surface area (Å²) in [6, 6.07) is 8.97. The molecule has 0 aliphatic carbocycles. The van der Waals surface area contributed by atoms with E-state index in [1.54, 1.807) is 0 Å². The summed E-state index contributed by atoms with van der Waals surface area (Å²) in [5.74, 6) is 0.970. The van der Waals surface area contributed by atoms with E-state index in [1.165, 1.54) is 50.0 Å². The number of alkyl halides is 1. The van der Waals surface area contributed by atoms with E-state index in [2.05, 4.69) is 52.0 Å². The Morgan fingerprint density at radius 3 is 2.35 bits per heavy atom. The summed E-state index contributed by atoms with van der Waals surface area (Å²) in [7, 11) is 0. The number of anilines is 1. The minimum absolute atomic E-state index is 0.950. The first-order valence-electron chi connectivity index (χ1n) is 6.73. The van der Waals surface area contributed by atoms with E-state index in [0.717, 1.165) is 11.2 Å². The van der Waals surface area contributed by atoms with Gasteiger partial charge in [-0.25, -0.2) is 0 Å². The molecule has 17 heavy (non-hydrogen) atoms. The molecule has 1 fully saturated rings. The van der Waals surface area contributed by atoms with Crippen LogP contribution in [0.1, 0.15) is 38.2 Å². The Kier molecular flexibility index (Phi) is 4.90. The molecule has 1 nitrogen and oxygen atoms in total. The zero-order chi connectivity index (χ0) is 12.1. The molecule has 0 bridgehead atoms. The second kappa shape index (κ2) is 6.44. The summed E-state index contributed by atoms with van der Waals surface area (Å²) in [5, 5.41) is 0.950. The van der Waals surface area contributed by atoms with Crippen LogP contribution in [0, 0.1) is 5.92 Å². The van der Waals surface area contributed by atoms with Gasteiger partial charge in [0.15, 0.2) is 0 Å². The molecule has 0 N–H and O–H groups in total. The Morgan fingerprint density at radius 2 is 1.82 bits per heavy atom. The van der Waals surface area contributed by atoms with Gasteiger partial charge >= 0.3 is 0 Å². The second-order valence-corrected chi connectivity index (χ2v) is 5.58. The Balaban J connectivity index is 1.91. The first kappa shape index (κ1) is 12.9.